The van der Waals surface area contributed by atoms with Gasteiger partial charge in [0, 0.05) is 29.0 Å². The maximum atomic E-state index is 13.2. The van der Waals surface area contributed by atoms with Crippen LogP contribution in [0.5, 0.6) is 0 Å². The number of hydrogen-bond acceptors (Lipinski definition) is 6. The van der Waals surface area contributed by atoms with E-state index < -0.39 is 0 Å². The fraction of sp³-hybridized carbons (Fsp3) is 0.571. The van der Waals surface area contributed by atoms with Gasteiger partial charge in [-0.15, -0.1) is 0 Å². The number of amides is 1. The number of rotatable bonds is 7. The highest BCUT2D eigenvalue weighted by atomic mass is 79.9. The van der Waals surface area contributed by atoms with E-state index in [0.717, 1.165) is 85.4 Å². The molecule has 0 saturated carbocycles. The van der Waals surface area contributed by atoms with Gasteiger partial charge in [-0.05, 0) is 83.7 Å². The lowest BCUT2D eigenvalue weighted by molar-refractivity contribution is 0.0160. The molecule has 1 aromatic carbocycles. The van der Waals surface area contributed by atoms with E-state index in [9.17, 15) is 4.79 Å². The van der Waals surface area contributed by atoms with Crippen molar-refractivity contribution in [1.29, 1.82) is 0 Å². The summed E-state index contributed by atoms with van der Waals surface area (Å²) in [6.07, 6.45) is 6.54. The standard InChI is InChI=1S/C28H38BrN5O2/c1-5-18-36-32-26(22-6-8-24(29)9-7-22)23-10-14-34(15-11-23)28(4)12-16-33(17-13-28)27(35)25-20(2)30-19-31-21(25)3/h6-9,19,23H,5,10-18H2,1-4H3/b32-26+. The van der Waals surface area contributed by atoms with Gasteiger partial charge < -0.3 is 9.74 Å². The number of carbonyl (C=O) groups excluding carboxylic acids is 1. The molecule has 2 aliphatic heterocycles. The number of oxime groups is 1. The second-order valence-electron chi connectivity index (χ2n) is 10.3. The van der Waals surface area contributed by atoms with Crippen LogP contribution in [0.25, 0.3) is 0 Å². The average Bonchev–Trinajstić information content (AvgIpc) is 2.88. The maximum Gasteiger partial charge on any atom is 0.257 e. The molecular weight excluding hydrogens is 518 g/mol. The summed E-state index contributed by atoms with van der Waals surface area (Å²) < 4.78 is 1.07. The Labute approximate surface area is 223 Å². The van der Waals surface area contributed by atoms with Crippen LogP contribution >= 0.6 is 15.9 Å². The summed E-state index contributed by atoms with van der Waals surface area (Å²) in [5.41, 5.74) is 4.49. The Kier molecular flexibility index (Phi) is 8.78. The number of benzene rings is 1. The van der Waals surface area contributed by atoms with Crippen molar-refractivity contribution in [2.45, 2.75) is 65.3 Å². The maximum absolute atomic E-state index is 13.2. The molecule has 0 unspecified atom stereocenters. The van der Waals surface area contributed by atoms with Crippen LogP contribution in [0.3, 0.4) is 0 Å². The zero-order chi connectivity index (χ0) is 25.7. The van der Waals surface area contributed by atoms with Crippen LogP contribution in [0.4, 0.5) is 0 Å². The smallest absolute Gasteiger partial charge is 0.257 e. The second kappa shape index (κ2) is 11.8. The Balaban J connectivity index is 1.38. The molecule has 0 aliphatic carbocycles. The molecule has 3 heterocycles. The minimum absolute atomic E-state index is 0.0637. The number of aromatic nitrogens is 2. The third-order valence-corrected chi connectivity index (χ3v) is 8.34. The summed E-state index contributed by atoms with van der Waals surface area (Å²) in [5.74, 6) is 0.447. The molecule has 0 bridgehead atoms. The van der Waals surface area contributed by atoms with Gasteiger partial charge in [0.1, 0.15) is 12.9 Å². The van der Waals surface area contributed by atoms with Crippen molar-refractivity contribution in [3.8, 4) is 0 Å². The summed E-state index contributed by atoms with van der Waals surface area (Å²) in [4.78, 5) is 32.0. The van der Waals surface area contributed by atoms with Crippen LogP contribution < -0.4 is 0 Å². The molecule has 4 rings (SSSR count). The van der Waals surface area contributed by atoms with E-state index in [1.165, 1.54) is 6.33 Å². The number of aryl methyl sites for hydroxylation is 2. The summed E-state index contributed by atoms with van der Waals surface area (Å²) in [5, 5.41) is 4.59. The Morgan fingerprint density at radius 1 is 1.08 bits per heavy atom. The highest BCUT2D eigenvalue weighted by Gasteiger charge is 2.39. The first-order chi connectivity index (χ1) is 17.3. The highest BCUT2D eigenvalue weighted by molar-refractivity contribution is 9.10. The first-order valence-corrected chi connectivity index (χ1v) is 13.9. The van der Waals surface area contributed by atoms with Crippen molar-refractivity contribution in [1.82, 2.24) is 19.8 Å². The van der Waals surface area contributed by atoms with Gasteiger partial charge in [-0.25, -0.2) is 9.97 Å². The zero-order valence-corrected chi connectivity index (χ0v) is 23.6. The normalized spacial score (nSPS) is 19.4. The van der Waals surface area contributed by atoms with Crippen LogP contribution in [0.1, 0.15) is 73.3 Å². The van der Waals surface area contributed by atoms with Crippen LogP contribution in [0.2, 0.25) is 0 Å². The van der Waals surface area contributed by atoms with Crippen LogP contribution in [-0.4, -0.2) is 69.7 Å². The van der Waals surface area contributed by atoms with Crippen molar-refractivity contribution < 1.29 is 9.63 Å². The first-order valence-electron chi connectivity index (χ1n) is 13.1. The molecule has 194 valence electrons. The topological polar surface area (TPSA) is 70.9 Å². The lowest BCUT2D eigenvalue weighted by Gasteiger charge is -2.49. The Morgan fingerprint density at radius 3 is 2.28 bits per heavy atom. The van der Waals surface area contributed by atoms with Gasteiger partial charge in [0.25, 0.3) is 5.91 Å². The minimum Gasteiger partial charge on any atom is -0.396 e. The van der Waals surface area contributed by atoms with Crippen molar-refractivity contribution >= 4 is 27.5 Å². The zero-order valence-electron chi connectivity index (χ0n) is 22.0. The summed E-state index contributed by atoms with van der Waals surface area (Å²) >= 11 is 3.54. The van der Waals surface area contributed by atoms with Crippen molar-refractivity contribution in [2.24, 2.45) is 11.1 Å². The van der Waals surface area contributed by atoms with Crippen LogP contribution in [-0.2, 0) is 4.84 Å². The molecule has 0 N–H and O–H groups in total. The van der Waals surface area contributed by atoms with Gasteiger partial charge >= 0.3 is 0 Å². The van der Waals surface area contributed by atoms with E-state index in [0.29, 0.717) is 18.1 Å². The monoisotopic (exact) mass is 555 g/mol. The number of nitrogens with zero attached hydrogens (tertiary/aromatic N) is 5. The number of piperidine rings is 2. The third kappa shape index (κ3) is 5.97. The average molecular weight is 557 g/mol. The van der Waals surface area contributed by atoms with E-state index in [4.69, 9.17) is 4.84 Å². The Morgan fingerprint density at radius 2 is 1.69 bits per heavy atom. The highest BCUT2D eigenvalue weighted by Crippen LogP contribution is 2.34. The Bertz CT molecular complexity index is 1050. The van der Waals surface area contributed by atoms with Crippen molar-refractivity contribution in [2.75, 3.05) is 32.8 Å². The predicted octanol–water partition coefficient (Wildman–Crippen LogP) is 5.39. The predicted molar refractivity (Wildman–Crippen MR) is 146 cm³/mol. The lowest BCUT2D eigenvalue weighted by Crippen LogP contribution is -2.56. The van der Waals surface area contributed by atoms with Gasteiger partial charge in [-0.2, -0.15) is 0 Å². The van der Waals surface area contributed by atoms with Gasteiger partial charge in [0.2, 0.25) is 0 Å². The second-order valence-corrected chi connectivity index (χ2v) is 11.2. The largest absolute Gasteiger partial charge is 0.396 e. The molecule has 2 fully saturated rings. The van der Waals surface area contributed by atoms with Crippen molar-refractivity contribution in [3.63, 3.8) is 0 Å². The lowest BCUT2D eigenvalue weighted by atomic mass is 9.82. The molecule has 1 aromatic heterocycles. The molecule has 7 nitrogen and oxygen atoms in total. The van der Waals surface area contributed by atoms with E-state index in [1.807, 2.05) is 18.7 Å². The minimum atomic E-state index is 0.0637. The van der Waals surface area contributed by atoms with Crippen LogP contribution in [0, 0.1) is 19.8 Å². The molecule has 1 amide bonds. The quantitative estimate of drug-likeness (QED) is 0.260. The van der Waals surface area contributed by atoms with Gasteiger partial charge in [0.05, 0.1) is 22.7 Å². The number of halogens is 1. The summed E-state index contributed by atoms with van der Waals surface area (Å²) in [6, 6.07) is 8.39. The molecule has 0 radical (unpaired) electrons. The SMILES string of the molecule is CCCO/N=C(\c1ccc(Br)cc1)C1CCN(C2(C)CCN(C(=O)c3c(C)ncnc3C)CC2)CC1. The fourth-order valence-electron chi connectivity index (χ4n) is 5.45. The molecule has 36 heavy (non-hydrogen) atoms. The summed E-state index contributed by atoms with van der Waals surface area (Å²) in [7, 11) is 0. The van der Waals surface area contributed by atoms with Gasteiger partial charge in [-0.1, -0.05) is 40.1 Å². The van der Waals surface area contributed by atoms with Gasteiger partial charge in [0.15, 0.2) is 0 Å². The number of carbonyl (C=O) groups is 1. The molecule has 8 heteroatoms. The molecular formula is C28H38BrN5O2. The van der Waals surface area contributed by atoms with Gasteiger partial charge in [-0.3, -0.25) is 9.69 Å². The molecule has 2 aromatic rings. The molecule has 0 spiro atoms. The fourth-order valence-corrected chi connectivity index (χ4v) is 5.72. The molecule has 2 aliphatic rings. The van der Waals surface area contributed by atoms with E-state index in [2.05, 4.69) is 74.1 Å². The summed E-state index contributed by atoms with van der Waals surface area (Å²) in [6.45, 7) is 12.5. The van der Waals surface area contributed by atoms with E-state index in [1.54, 1.807) is 0 Å². The molecule has 2 saturated heterocycles. The third-order valence-electron chi connectivity index (χ3n) is 7.81. The van der Waals surface area contributed by atoms with Crippen LogP contribution in [0.15, 0.2) is 40.2 Å². The molecule has 0 atom stereocenters. The Hall–Kier alpha value is -2.32. The van der Waals surface area contributed by atoms with E-state index in [-0.39, 0.29) is 11.4 Å². The first kappa shape index (κ1) is 26.7. The van der Waals surface area contributed by atoms with Crippen molar-refractivity contribution in [3.05, 3.63) is 57.6 Å². The van der Waals surface area contributed by atoms with E-state index >= 15 is 0 Å². The number of likely N-dealkylation sites (tertiary alicyclic amines) is 2. The number of hydrogen-bond donors (Lipinski definition) is 0.